The first-order valence-electron chi connectivity index (χ1n) is 6.18. The molecule has 0 aromatic carbocycles. The zero-order valence-electron chi connectivity index (χ0n) is 10.7. The molecule has 3 aromatic rings. The van der Waals surface area contributed by atoms with E-state index in [0.29, 0.717) is 12.6 Å². The van der Waals surface area contributed by atoms with Crippen molar-refractivity contribution in [3.05, 3.63) is 66.9 Å². The van der Waals surface area contributed by atoms with Gasteiger partial charge in [-0.25, -0.2) is 9.97 Å². The van der Waals surface area contributed by atoms with Crippen molar-refractivity contribution < 1.29 is 4.74 Å². The maximum Gasteiger partial charge on any atom is 0.316 e. The number of pyridine rings is 2. The summed E-state index contributed by atoms with van der Waals surface area (Å²) in [5.74, 6) is 0. The minimum absolute atomic E-state index is 0.329. The van der Waals surface area contributed by atoms with Crippen molar-refractivity contribution in [1.29, 1.82) is 0 Å². The van der Waals surface area contributed by atoms with Crippen LogP contribution in [-0.2, 0) is 6.61 Å². The van der Waals surface area contributed by atoms with Gasteiger partial charge in [-0.3, -0.25) is 9.97 Å². The molecule has 5 nitrogen and oxygen atoms in total. The average Bonchev–Trinajstić information content (AvgIpc) is 2.55. The van der Waals surface area contributed by atoms with Crippen LogP contribution < -0.4 is 4.74 Å². The normalized spacial score (nSPS) is 10.2. The lowest BCUT2D eigenvalue weighted by atomic mass is 10.2. The van der Waals surface area contributed by atoms with Crippen LogP contribution in [0.25, 0.3) is 11.3 Å². The van der Waals surface area contributed by atoms with Crippen molar-refractivity contribution in [1.82, 2.24) is 19.9 Å². The van der Waals surface area contributed by atoms with Gasteiger partial charge in [0.05, 0.1) is 11.4 Å². The third-order valence-corrected chi connectivity index (χ3v) is 2.66. The summed E-state index contributed by atoms with van der Waals surface area (Å²) in [5.41, 5.74) is 2.53. The first-order valence-corrected chi connectivity index (χ1v) is 6.18. The van der Waals surface area contributed by atoms with Gasteiger partial charge in [-0.2, -0.15) is 0 Å². The molecular formula is C15H12N4O. The van der Waals surface area contributed by atoms with E-state index in [1.54, 1.807) is 24.8 Å². The van der Waals surface area contributed by atoms with Crippen molar-refractivity contribution in [3.63, 3.8) is 0 Å². The lowest BCUT2D eigenvalue weighted by Crippen LogP contribution is -2.01. The Morgan fingerprint density at radius 1 is 0.800 bits per heavy atom. The molecule has 5 heteroatoms. The molecule has 0 amide bonds. The van der Waals surface area contributed by atoms with Crippen molar-refractivity contribution in [2.75, 3.05) is 0 Å². The van der Waals surface area contributed by atoms with Gasteiger partial charge in [0, 0.05) is 30.4 Å². The number of ether oxygens (including phenoxy) is 1. The topological polar surface area (TPSA) is 60.8 Å². The molecule has 0 atom stereocenters. The summed E-state index contributed by atoms with van der Waals surface area (Å²) in [4.78, 5) is 16.7. The van der Waals surface area contributed by atoms with Gasteiger partial charge in [-0.05, 0) is 24.3 Å². The summed E-state index contributed by atoms with van der Waals surface area (Å²) in [6.45, 7) is 0.351. The van der Waals surface area contributed by atoms with Crippen molar-refractivity contribution >= 4 is 0 Å². The Hall–Kier alpha value is -2.82. The van der Waals surface area contributed by atoms with Gasteiger partial charge in [0.25, 0.3) is 0 Å². The lowest BCUT2D eigenvalue weighted by molar-refractivity contribution is 0.276. The summed E-state index contributed by atoms with van der Waals surface area (Å²) in [6, 6.07) is 11.7. The molecular weight excluding hydrogens is 252 g/mol. The van der Waals surface area contributed by atoms with Crippen molar-refractivity contribution in [3.8, 4) is 17.3 Å². The van der Waals surface area contributed by atoms with Crippen LogP contribution in [-0.4, -0.2) is 19.9 Å². The van der Waals surface area contributed by atoms with Crippen LogP contribution >= 0.6 is 0 Å². The summed E-state index contributed by atoms with van der Waals surface area (Å²) < 4.78 is 5.48. The molecule has 3 heterocycles. The summed E-state index contributed by atoms with van der Waals surface area (Å²) in [7, 11) is 0. The highest BCUT2D eigenvalue weighted by Crippen LogP contribution is 2.15. The maximum absolute atomic E-state index is 5.48. The quantitative estimate of drug-likeness (QED) is 0.724. The molecule has 0 saturated heterocycles. The van der Waals surface area contributed by atoms with Crippen LogP contribution in [0.2, 0.25) is 0 Å². The molecule has 0 aliphatic heterocycles. The largest absolute Gasteiger partial charge is 0.457 e. The van der Waals surface area contributed by atoms with E-state index in [4.69, 9.17) is 4.74 Å². The zero-order valence-corrected chi connectivity index (χ0v) is 10.7. The molecule has 0 aliphatic rings. The number of aromatic nitrogens is 4. The van der Waals surface area contributed by atoms with Gasteiger partial charge in [0.2, 0.25) is 0 Å². The second-order valence-electron chi connectivity index (χ2n) is 4.08. The smallest absolute Gasteiger partial charge is 0.316 e. The predicted molar refractivity (Wildman–Crippen MR) is 73.8 cm³/mol. The van der Waals surface area contributed by atoms with Crippen molar-refractivity contribution in [2.45, 2.75) is 6.61 Å². The number of rotatable bonds is 4. The SMILES string of the molecule is c1ccc(COc2ncc(-c3ccccn3)cn2)nc1. The third kappa shape index (κ3) is 2.95. The number of nitrogens with zero attached hydrogens (tertiary/aromatic N) is 4. The summed E-state index contributed by atoms with van der Waals surface area (Å²) in [5, 5.41) is 0. The highest BCUT2D eigenvalue weighted by atomic mass is 16.5. The van der Waals surface area contributed by atoms with Gasteiger partial charge >= 0.3 is 6.01 Å². The monoisotopic (exact) mass is 264 g/mol. The molecule has 3 rings (SSSR count). The van der Waals surface area contributed by atoms with E-state index < -0.39 is 0 Å². The van der Waals surface area contributed by atoms with Crippen LogP contribution in [0.3, 0.4) is 0 Å². The van der Waals surface area contributed by atoms with E-state index in [2.05, 4.69) is 19.9 Å². The minimum atomic E-state index is 0.329. The van der Waals surface area contributed by atoms with Crippen LogP contribution in [0.4, 0.5) is 0 Å². The van der Waals surface area contributed by atoms with Gasteiger partial charge < -0.3 is 4.74 Å². The average molecular weight is 264 g/mol. The zero-order chi connectivity index (χ0) is 13.6. The van der Waals surface area contributed by atoms with Crippen LogP contribution in [0, 0.1) is 0 Å². The van der Waals surface area contributed by atoms with Crippen LogP contribution in [0.15, 0.2) is 61.2 Å². The first-order chi connectivity index (χ1) is 9.92. The fourth-order valence-electron chi connectivity index (χ4n) is 1.68. The Morgan fingerprint density at radius 2 is 1.55 bits per heavy atom. The van der Waals surface area contributed by atoms with E-state index in [1.165, 1.54) is 0 Å². The third-order valence-electron chi connectivity index (χ3n) is 2.66. The molecule has 3 aromatic heterocycles. The Balaban J connectivity index is 1.68. The highest BCUT2D eigenvalue weighted by molar-refractivity contribution is 5.56. The predicted octanol–water partition coefficient (Wildman–Crippen LogP) is 2.51. The number of hydrogen-bond donors (Lipinski definition) is 0. The molecule has 0 radical (unpaired) electrons. The Bertz CT molecular complexity index is 656. The molecule has 98 valence electrons. The van der Waals surface area contributed by atoms with E-state index in [1.807, 2.05) is 36.4 Å². The standard InChI is InChI=1S/C15H12N4O/c1-3-7-16-13(5-1)11-20-15-18-9-12(10-19-15)14-6-2-4-8-17-14/h1-10H,11H2. The van der Waals surface area contributed by atoms with Crippen LogP contribution in [0.5, 0.6) is 6.01 Å². The Morgan fingerprint density at radius 3 is 2.20 bits per heavy atom. The highest BCUT2D eigenvalue weighted by Gasteiger charge is 2.02. The molecule has 20 heavy (non-hydrogen) atoms. The van der Waals surface area contributed by atoms with Gasteiger partial charge in [0.15, 0.2) is 0 Å². The maximum atomic E-state index is 5.48. The van der Waals surface area contributed by atoms with Gasteiger partial charge in [-0.15, -0.1) is 0 Å². The van der Waals surface area contributed by atoms with Crippen LogP contribution in [0.1, 0.15) is 5.69 Å². The van der Waals surface area contributed by atoms with Crippen molar-refractivity contribution in [2.24, 2.45) is 0 Å². The molecule has 0 N–H and O–H groups in total. The number of hydrogen-bond acceptors (Lipinski definition) is 5. The molecule has 0 fully saturated rings. The second-order valence-corrected chi connectivity index (χ2v) is 4.08. The minimum Gasteiger partial charge on any atom is -0.457 e. The van der Waals surface area contributed by atoms with E-state index in [0.717, 1.165) is 17.0 Å². The van der Waals surface area contributed by atoms with E-state index in [-0.39, 0.29) is 0 Å². The van der Waals surface area contributed by atoms with E-state index >= 15 is 0 Å². The molecule has 0 aliphatic carbocycles. The van der Waals surface area contributed by atoms with Gasteiger partial charge in [-0.1, -0.05) is 12.1 Å². The van der Waals surface area contributed by atoms with Gasteiger partial charge in [0.1, 0.15) is 6.61 Å². The fraction of sp³-hybridized carbons (Fsp3) is 0.0667. The lowest BCUT2D eigenvalue weighted by Gasteiger charge is -2.04. The first kappa shape index (κ1) is 12.2. The second kappa shape index (κ2) is 5.88. The summed E-state index contributed by atoms with van der Waals surface area (Å²) in [6.07, 6.45) is 6.86. The Kier molecular flexibility index (Phi) is 3.59. The molecule has 0 saturated carbocycles. The molecule has 0 bridgehead atoms. The summed E-state index contributed by atoms with van der Waals surface area (Å²) >= 11 is 0. The fourth-order valence-corrected chi connectivity index (χ4v) is 1.68. The Labute approximate surface area is 116 Å². The molecule has 0 spiro atoms. The van der Waals surface area contributed by atoms with E-state index in [9.17, 15) is 0 Å². The molecule has 0 unspecified atom stereocenters.